The summed E-state index contributed by atoms with van der Waals surface area (Å²) in [6.45, 7) is 3.80. The molecule has 0 bridgehead atoms. The van der Waals surface area contributed by atoms with E-state index in [0.29, 0.717) is 12.5 Å². The molecule has 2 heterocycles. The Kier molecular flexibility index (Phi) is 5.01. The molecular formula is C18H21FN2O. The van der Waals surface area contributed by atoms with Gasteiger partial charge in [-0.3, -0.25) is 9.88 Å². The van der Waals surface area contributed by atoms with E-state index in [1.807, 2.05) is 12.3 Å². The van der Waals surface area contributed by atoms with Crippen LogP contribution in [-0.4, -0.2) is 29.6 Å². The standard InChI is InChI=1S/C18H21FN2O/c19-17-5-7-18(8-6-17)22-14-16-4-2-10-21(13-16)12-15-3-1-9-20-11-15/h1,3,5-9,11,16H,2,4,10,12-14H2/t16-/m0/s1. The molecule has 22 heavy (non-hydrogen) atoms. The molecule has 116 valence electrons. The Morgan fingerprint density at radius 2 is 2.09 bits per heavy atom. The third-order valence-corrected chi connectivity index (χ3v) is 4.03. The van der Waals surface area contributed by atoms with E-state index in [0.717, 1.165) is 25.4 Å². The molecule has 3 rings (SSSR count). The summed E-state index contributed by atoms with van der Waals surface area (Å²) >= 11 is 0. The second kappa shape index (κ2) is 7.36. The number of hydrogen-bond donors (Lipinski definition) is 0. The van der Waals surface area contributed by atoms with Crippen molar-refractivity contribution in [2.45, 2.75) is 19.4 Å². The van der Waals surface area contributed by atoms with Gasteiger partial charge in [0.25, 0.3) is 0 Å². The van der Waals surface area contributed by atoms with Crippen LogP contribution in [0.1, 0.15) is 18.4 Å². The first-order chi connectivity index (χ1) is 10.8. The molecule has 0 spiro atoms. The van der Waals surface area contributed by atoms with Gasteiger partial charge in [0.05, 0.1) is 6.61 Å². The van der Waals surface area contributed by atoms with Crippen molar-refractivity contribution in [2.24, 2.45) is 5.92 Å². The van der Waals surface area contributed by atoms with Gasteiger partial charge in [0.2, 0.25) is 0 Å². The van der Waals surface area contributed by atoms with E-state index in [4.69, 9.17) is 4.74 Å². The first kappa shape index (κ1) is 15.0. The largest absolute Gasteiger partial charge is 0.493 e. The fourth-order valence-corrected chi connectivity index (χ4v) is 2.93. The molecule has 0 radical (unpaired) electrons. The Bertz CT molecular complexity index is 573. The number of halogens is 1. The van der Waals surface area contributed by atoms with Crippen molar-refractivity contribution in [2.75, 3.05) is 19.7 Å². The highest BCUT2D eigenvalue weighted by molar-refractivity contribution is 5.22. The van der Waals surface area contributed by atoms with Crippen LogP contribution in [0.5, 0.6) is 5.75 Å². The predicted molar refractivity (Wildman–Crippen MR) is 84.1 cm³/mol. The zero-order valence-electron chi connectivity index (χ0n) is 12.6. The Balaban J connectivity index is 1.49. The van der Waals surface area contributed by atoms with Gasteiger partial charge in [-0.25, -0.2) is 4.39 Å². The molecule has 1 aromatic heterocycles. The van der Waals surface area contributed by atoms with Gasteiger partial charge in [0, 0.05) is 31.4 Å². The number of ether oxygens (including phenoxy) is 1. The first-order valence-corrected chi connectivity index (χ1v) is 7.79. The van der Waals surface area contributed by atoms with Gasteiger partial charge in [0.15, 0.2) is 0 Å². The van der Waals surface area contributed by atoms with Crippen molar-refractivity contribution in [1.29, 1.82) is 0 Å². The highest BCUT2D eigenvalue weighted by Gasteiger charge is 2.20. The molecule has 1 fully saturated rings. The highest BCUT2D eigenvalue weighted by atomic mass is 19.1. The van der Waals surface area contributed by atoms with Crippen LogP contribution in [0.3, 0.4) is 0 Å². The molecule has 0 aliphatic carbocycles. The quantitative estimate of drug-likeness (QED) is 0.845. The predicted octanol–water partition coefficient (Wildman–Crippen LogP) is 3.51. The summed E-state index contributed by atoms with van der Waals surface area (Å²) in [5, 5.41) is 0. The minimum Gasteiger partial charge on any atom is -0.493 e. The minimum atomic E-state index is -0.229. The molecule has 2 aromatic rings. The topological polar surface area (TPSA) is 25.4 Å². The van der Waals surface area contributed by atoms with Crippen molar-refractivity contribution < 1.29 is 9.13 Å². The van der Waals surface area contributed by atoms with Crippen LogP contribution >= 0.6 is 0 Å². The van der Waals surface area contributed by atoms with Gasteiger partial charge < -0.3 is 4.74 Å². The number of hydrogen-bond acceptors (Lipinski definition) is 3. The van der Waals surface area contributed by atoms with E-state index in [1.165, 1.54) is 30.5 Å². The number of nitrogens with zero attached hydrogens (tertiary/aromatic N) is 2. The summed E-state index contributed by atoms with van der Waals surface area (Å²) in [6, 6.07) is 10.3. The van der Waals surface area contributed by atoms with Gasteiger partial charge in [-0.05, 0) is 55.3 Å². The monoisotopic (exact) mass is 300 g/mol. The van der Waals surface area contributed by atoms with Crippen LogP contribution in [0, 0.1) is 11.7 Å². The molecule has 0 amide bonds. The minimum absolute atomic E-state index is 0.229. The van der Waals surface area contributed by atoms with Gasteiger partial charge in [-0.15, -0.1) is 0 Å². The average Bonchev–Trinajstić information content (AvgIpc) is 2.56. The van der Waals surface area contributed by atoms with Gasteiger partial charge in [0.1, 0.15) is 11.6 Å². The third-order valence-electron chi connectivity index (χ3n) is 4.03. The molecule has 0 unspecified atom stereocenters. The van der Waals surface area contributed by atoms with Gasteiger partial charge in [-0.2, -0.15) is 0 Å². The normalized spacial score (nSPS) is 19.0. The van der Waals surface area contributed by atoms with Gasteiger partial charge >= 0.3 is 0 Å². The lowest BCUT2D eigenvalue weighted by atomic mass is 9.98. The second-order valence-electron chi connectivity index (χ2n) is 5.87. The number of rotatable bonds is 5. The van der Waals surface area contributed by atoms with Crippen molar-refractivity contribution in [3.8, 4) is 5.75 Å². The number of aromatic nitrogens is 1. The Morgan fingerprint density at radius 1 is 1.23 bits per heavy atom. The maximum Gasteiger partial charge on any atom is 0.123 e. The molecule has 1 atom stereocenters. The summed E-state index contributed by atoms with van der Waals surface area (Å²) in [6.07, 6.45) is 6.11. The Morgan fingerprint density at radius 3 is 2.86 bits per heavy atom. The van der Waals surface area contributed by atoms with Crippen LogP contribution in [0.4, 0.5) is 4.39 Å². The molecule has 1 aliphatic heterocycles. The molecule has 0 saturated carbocycles. The highest BCUT2D eigenvalue weighted by Crippen LogP contribution is 2.20. The SMILES string of the molecule is Fc1ccc(OC[C@H]2CCCN(Cc3cccnc3)C2)cc1. The Hall–Kier alpha value is -1.94. The first-order valence-electron chi connectivity index (χ1n) is 7.79. The molecular weight excluding hydrogens is 279 g/mol. The zero-order chi connectivity index (χ0) is 15.2. The summed E-state index contributed by atoms with van der Waals surface area (Å²) < 4.78 is 18.7. The average molecular weight is 300 g/mol. The van der Waals surface area contributed by atoms with E-state index >= 15 is 0 Å². The fraction of sp³-hybridized carbons (Fsp3) is 0.389. The lowest BCUT2D eigenvalue weighted by Crippen LogP contribution is -2.37. The van der Waals surface area contributed by atoms with Crippen LogP contribution in [0.2, 0.25) is 0 Å². The second-order valence-corrected chi connectivity index (χ2v) is 5.87. The molecule has 0 N–H and O–H groups in total. The van der Waals surface area contributed by atoms with Crippen molar-refractivity contribution in [3.05, 3.63) is 60.2 Å². The van der Waals surface area contributed by atoms with Crippen LogP contribution in [0.15, 0.2) is 48.8 Å². The van der Waals surface area contributed by atoms with E-state index < -0.39 is 0 Å². The lowest BCUT2D eigenvalue weighted by molar-refractivity contribution is 0.125. The van der Waals surface area contributed by atoms with E-state index in [1.54, 1.807) is 18.3 Å². The number of likely N-dealkylation sites (tertiary alicyclic amines) is 1. The van der Waals surface area contributed by atoms with Crippen LogP contribution < -0.4 is 4.74 Å². The maximum atomic E-state index is 12.9. The number of piperidine rings is 1. The molecule has 1 aromatic carbocycles. The van der Waals surface area contributed by atoms with Crippen LogP contribution in [-0.2, 0) is 6.54 Å². The van der Waals surface area contributed by atoms with E-state index in [2.05, 4.69) is 16.0 Å². The molecule has 4 heteroatoms. The van der Waals surface area contributed by atoms with Crippen LogP contribution in [0.25, 0.3) is 0 Å². The summed E-state index contributed by atoms with van der Waals surface area (Å²) in [7, 11) is 0. The van der Waals surface area contributed by atoms with E-state index in [-0.39, 0.29) is 5.82 Å². The van der Waals surface area contributed by atoms with Crippen molar-refractivity contribution in [3.63, 3.8) is 0 Å². The summed E-state index contributed by atoms with van der Waals surface area (Å²) in [4.78, 5) is 6.63. The molecule has 3 nitrogen and oxygen atoms in total. The Labute approximate surface area is 130 Å². The van der Waals surface area contributed by atoms with E-state index in [9.17, 15) is 4.39 Å². The summed E-state index contributed by atoms with van der Waals surface area (Å²) in [5.41, 5.74) is 1.25. The van der Waals surface area contributed by atoms with Crippen molar-refractivity contribution >= 4 is 0 Å². The molecule has 1 saturated heterocycles. The zero-order valence-corrected chi connectivity index (χ0v) is 12.6. The molecule has 1 aliphatic rings. The smallest absolute Gasteiger partial charge is 0.123 e. The lowest BCUT2D eigenvalue weighted by Gasteiger charge is -2.32. The maximum absolute atomic E-state index is 12.9. The fourth-order valence-electron chi connectivity index (χ4n) is 2.93. The summed E-state index contributed by atoms with van der Waals surface area (Å²) in [5.74, 6) is 1.04. The number of benzene rings is 1. The van der Waals surface area contributed by atoms with Crippen molar-refractivity contribution in [1.82, 2.24) is 9.88 Å². The third kappa shape index (κ3) is 4.28. The number of pyridine rings is 1. The van der Waals surface area contributed by atoms with Gasteiger partial charge in [-0.1, -0.05) is 6.07 Å².